The van der Waals surface area contributed by atoms with Crippen LogP contribution >= 0.6 is 11.6 Å². The summed E-state index contributed by atoms with van der Waals surface area (Å²) in [5.41, 5.74) is 3.17. The molecule has 0 spiro atoms. The van der Waals surface area contributed by atoms with E-state index >= 15 is 0 Å². The number of imidazole rings is 1. The summed E-state index contributed by atoms with van der Waals surface area (Å²) in [6, 6.07) is 0. The number of fused-ring (bicyclic) bond motifs is 1. The van der Waals surface area contributed by atoms with E-state index in [0.29, 0.717) is 5.88 Å². The van der Waals surface area contributed by atoms with Crippen LogP contribution in [-0.4, -0.2) is 49.7 Å². The quantitative estimate of drug-likeness (QED) is 0.704. The van der Waals surface area contributed by atoms with Gasteiger partial charge in [0.25, 0.3) is 0 Å². The third-order valence-corrected chi connectivity index (χ3v) is 4.22. The summed E-state index contributed by atoms with van der Waals surface area (Å²) in [5.74, 6) is 1.68. The van der Waals surface area contributed by atoms with Crippen molar-refractivity contribution in [1.82, 2.24) is 24.2 Å². The zero-order valence-electron chi connectivity index (χ0n) is 13.6. The number of likely N-dealkylation sites (N-methyl/N-ethyl adjacent to an activating group) is 1. The normalized spacial score (nSPS) is 11.9. The fourth-order valence-electron chi connectivity index (χ4n) is 2.78. The average Bonchev–Trinajstić information content (AvgIpc) is 2.99. The molecule has 2 heterocycles. The molecule has 0 fully saturated rings. The van der Waals surface area contributed by atoms with E-state index in [-0.39, 0.29) is 0 Å². The summed E-state index contributed by atoms with van der Waals surface area (Å²) in [6.45, 7) is 13.5. The molecule has 0 bridgehead atoms. The van der Waals surface area contributed by atoms with E-state index in [0.717, 1.165) is 61.8 Å². The molecule has 0 saturated carbocycles. The van der Waals surface area contributed by atoms with Gasteiger partial charge in [0.1, 0.15) is 11.3 Å². The van der Waals surface area contributed by atoms with Crippen molar-refractivity contribution in [2.75, 3.05) is 25.5 Å². The maximum Gasteiger partial charge on any atom is 0.158 e. The SMILES string of the molecule is CCN(CC)CCn1c(CCCl)nc2c(C)nn(CC)c21. The Balaban J connectivity index is 2.39. The Kier molecular flexibility index (Phi) is 5.65. The van der Waals surface area contributed by atoms with Crippen molar-refractivity contribution < 1.29 is 0 Å². The van der Waals surface area contributed by atoms with Crippen LogP contribution in [0.5, 0.6) is 0 Å². The zero-order chi connectivity index (χ0) is 15.4. The number of alkyl halides is 1. The molecule has 0 radical (unpaired) electrons. The highest BCUT2D eigenvalue weighted by Crippen LogP contribution is 2.20. The standard InChI is InChI=1S/C15H26ClN5/c1-5-19(6-2)10-11-20-13(8-9-16)17-14-12(4)18-21(7-3)15(14)20/h5-11H2,1-4H3. The Morgan fingerprint density at radius 3 is 2.48 bits per heavy atom. The van der Waals surface area contributed by atoms with Crippen LogP contribution in [0.15, 0.2) is 0 Å². The lowest BCUT2D eigenvalue weighted by Crippen LogP contribution is -2.27. The van der Waals surface area contributed by atoms with Gasteiger partial charge < -0.3 is 9.47 Å². The first-order valence-electron chi connectivity index (χ1n) is 7.86. The molecule has 0 N–H and O–H groups in total. The van der Waals surface area contributed by atoms with Crippen molar-refractivity contribution in [3.63, 3.8) is 0 Å². The molecule has 0 atom stereocenters. The van der Waals surface area contributed by atoms with Crippen molar-refractivity contribution in [3.05, 3.63) is 11.5 Å². The Labute approximate surface area is 131 Å². The van der Waals surface area contributed by atoms with Crippen LogP contribution < -0.4 is 0 Å². The molecule has 0 aliphatic rings. The van der Waals surface area contributed by atoms with Gasteiger partial charge in [-0.05, 0) is 26.9 Å². The fraction of sp³-hybridized carbons (Fsp3) is 0.733. The van der Waals surface area contributed by atoms with Gasteiger partial charge in [-0.1, -0.05) is 13.8 Å². The maximum absolute atomic E-state index is 5.95. The van der Waals surface area contributed by atoms with Crippen molar-refractivity contribution in [1.29, 1.82) is 0 Å². The lowest BCUT2D eigenvalue weighted by Gasteiger charge is -2.19. The van der Waals surface area contributed by atoms with Crippen LogP contribution in [0.25, 0.3) is 11.2 Å². The number of rotatable bonds is 8. The van der Waals surface area contributed by atoms with E-state index in [1.54, 1.807) is 0 Å². The topological polar surface area (TPSA) is 38.9 Å². The Morgan fingerprint density at radius 2 is 1.90 bits per heavy atom. The van der Waals surface area contributed by atoms with Gasteiger partial charge in [-0.2, -0.15) is 5.10 Å². The van der Waals surface area contributed by atoms with Gasteiger partial charge in [0.15, 0.2) is 5.65 Å². The number of hydrogen-bond donors (Lipinski definition) is 0. The molecule has 118 valence electrons. The molecule has 0 aliphatic carbocycles. The number of halogens is 1. The predicted molar refractivity (Wildman–Crippen MR) is 88.1 cm³/mol. The third-order valence-electron chi connectivity index (χ3n) is 4.03. The van der Waals surface area contributed by atoms with Crippen LogP contribution in [0.1, 0.15) is 32.3 Å². The molecule has 0 amide bonds. The zero-order valence-corrected chi connectivity index (χ0v) is 14.3. The van der Waals surface area contributed by atoms with Gasteiger partial charge in [0.05, 0.1) is 5.69 Å². The third kappa shape index (κ3) is 3.24. The average molecular weight is 312 g/mol. The summed E-state index contributed by atoms with van der Waals surface area (Å²) in [5, 5.41) is 4.58. The molecule has 5 nitrogen and oxygen atoms in total. The van der Waals surface area contributed by atoms with Crippen LogP contribution in [0.3, 0.4) is 0 Å². The summed E-state index contributed by atoms with van der Waals surface area (Å²) in [7, 11) is 0. The molecular formula is C15H26ClN5. The highest BCUT2D eigenvalue weighted by atomic mass is 35.5. The van der Waals surface area contributed by atoms with Gasteiger partial charge in [0, 0.05) is 31.9 Å². The molecule has 0 saturated heterocycles. The monoisotopic (exact) mass is 311 g/mol. The summed E-state index contributed by atoms with van der Waals surface area (Å²) in [4.78, 5) is 7.20. The van der Waals surface area contributed by atoms with E-state index in [4.69, 9.17) is 16.6 Å². The smallest absolute Gasteiger partial charge is 0.158 e. The van der Waals surface area contributed by atoms with Crippen LogP contribution in [0.2, 0.25) is 0 Å². The Bertz CT molecular complexity index is 582. The molecule has 0 aliphatic heterocycles. The van der Waals surface area contributed by atoms with E-state index in [9.17, 15) is 0 Å². The van der Waals surface area contributed by atoms with E-state index in [2.05, 4.69) is 40.0 Å². The van der Waals surface area contributed by atoms with E-state index < -0.39 is 0 Å². The first-order chi connectivity index (χ1) is 10.2. The lowest BCUT2D eigenvalue weighted by atomic mass is 10.4. The second-order valence-corrected chi connectivity index (χ2v) is 5.60. The van der Waals surface area contributed by atoms with Crippen molar-refractivity contribution in [2.24, 2.45) is 0 Å². The molecule has 0 unspecified atom stereocenters. The number of aryl methyl sites for hydroxylation is 3. The van der Waals surface area contributed by atoms with E-state index in [1.807, 2.05) is 6.92 Å². The fourth-order valence-corrected chi connectivity index (χ4v) is 2.95. The first-order valence-corrected chi connectivity index (χ1v) is 8.40. The highest BCUT2D eigenvalue weighted by molar-refractivity contribution is 6.17. The van der Waals surface area contributed by atoms with Crippen LogP contribution in [0.4, 0.5) is 0 Å². The van der Waals surface area contributed by atoms with Crippen molar-refractivity contribution >= 4 is 22.8 Å². The highest BCUT2D eigenvalue weighted by Gasteiger charge is 2.18. The summed E-state index contributed by atoms with van der Waals surface area (Å²) >= 11 is 5.95. The van der Waals surface area contributed by atoms with Gasteiger partial charge >= 0.3 is 0 Å². The molecule has 2 aromatic rings. The first kappa shape index (κ1) is 16.3. The molecule has 2 rings (SSSR count). The van der Waals surface area contributed by atoms with Gasteiger partial charge in [-0.25, -0.2) is 9.67 Å². The second kappa shape index (κ2) is 7.27. The Morgan fingerprint density at radius 1 is 1.19 bits per heavy atom. The molecular weight excluding hydrogens is 286 g/mol. The maximum atomic E-state index is 5.95. The number of nitrogens with zero attached hydrogens (tertiary/aromatic N) is 5. The van der Waals surface area contributed by atoms with Gasteiger partial charge in [0.2, 0.25) is 0 Å². The minimum Gasteiger partial charge on any atom is -0.312 e. The minimum atomic E-state index is 0.601. The Hall–Kier alpha value is -1.07. The van der Waals surface area contributed by atoms with E-state index in [1.165, 1.54) is 0 Å². The molecule has 0 aromatic carbocycles. The van der Waals surface area contributed by atoms with Crippen molar-refractivity contribution in [2.45, 2.75) is 47.2 Å². The van der Waals surface area contributed by atoms with Gasteiger partial charge in [-0.15, -0.1) is 11.6 Å². The second-order valence-electron chi connectivity index (χ2n) is 5.22. The lowest BCUT2D eigenvalue weighted by molar-refractivity contribution is 0.290. The summed E-state index contributed by atoms with van der Waals surface area (Å²) < 4.78 is 4.36. The minimum absolute atomic E-state index is 0.601. The van der Waals surface area contributed by atoms with Crippen molar-refractivity contribution in [3.8, 4) is 0 Å². The largest absolute Gasteiger partial charge is 0.312 e. The predicted octanol–water partition coefficient (Wildman–Crippen LogP) is 2.68. The molecule has 21 heavy (non-hydrogen) atoms. The summed E-state index contributed by atoms with van der Waals surface area (Å²) in [6.07, 6.45) is 0.803. The van der Waals surface area contributed by atoms with Crippen LogP contribution in [-0.2, 0) is 19.5 Å². The molecule has 6 heteroatoms. The number of hydrogen-bond acceptors (Lipinski definition) is 3. The van der Waals surface area contributed by atoms with Crippen LogP contribution in [0, 0.1) is 6.92 Å². The number of aromatic nitrogens is 4. The van der Waals surface area contributed by atoms with Gasteiger partial charge in [-0.3, -0.25) is 0 Å². The molecule has 2 aromatic heterocycles.